The third-order valence-electron chi connectivity index (χ3n) is 1.39. The van der Waals surface area contributed by atoms with Crippen molar-refractivity contribution in [1.82, 2.24) is 10.6 Å². The number of carbonyl (C=O) groups excluding carboxylic acids is 1. The molecule has 1 amide bonds. The highest BCUT2D eigenvalue weighted by Crippen LogP contribution is 1.85. The molecule has 6 nitrogen and oxygen atoms in total. The summed E-state index contributed by atoms with van der Waals surface area (Å²) in [7, 11) is 0. The lowest BCUT2D eigenvalue weighted by molar-refractivity contribution is -0.137. The number of nitriles is 1. The zero-order valence-corrected chi connectivity index (χ0v) is 7.75. The number of amides is 1. The molecule has 0 atom stereocenters. The van der Waals surface area contributed by atoms with E-state index >= 15 is 0 Å². The van der Waals surface area contributed by atoms with Crippen LogP contribution < -0.4 is 10.6 Å². The molecule has 0 heterocycles. The van der Waals surface area contributed by atoms with E-state index < -0.39 is 5.97 Å². The first-order valence-corrected chi connectivity index (χ1v) is 4.23. The molecule has 0 spiro atoms. The average Bonchev–Trinajstić information content (AvgIpc) is 2.13. The van der Waals surface area contributed by atoms with Gasteiger partial charge in [0.2, 0.25) is 5.91 Å². The fourth-order valence-corrected chi connectivity index (χ4v) is 0.767. The van der Waals surface area contributed by atoms with E-state index in [1.807, 2.05) is 0 Å². The molecule has 78 valence electrons. The number of hydrogen-bond donors (Lipinski definition) is 3. The first-order valence-electron chi connectivity index (χ1n) is 4.23. The molecule has 14 heavy (non-hydrogen) atoms. The van der Waals surface area contributed by atoms with Crippen molar-refractivity contribution >= 4 is 11.9 Å². The van der Waals surface area contributed by atoms with Crippen molar-refractivity contribution in [3.05, 3.63) is 0 Å². The van der Waals surface area contributed by atoms with Gasteiger partial charge in [-0.3, -0.25) is 9.59 Å². The minimum Gasteiger partial charge on any atom is -0.481 e. The molecule has 6 heteroatoms. The number of rotatable bonds is 7. The molecule has 3 N–H and O–H groups in total. The Bertz CT molecular complexity index is 234. The lowest BCUT2D eigenvalue weighted by Crippen LogP contribution is -2.34. The van der Waals surface area contributed by atoms with Gasteiger partial charge in [-0.15, -0.1) is 0 Å². The molecular weight excluding hydrogens is 186 g/mol. The fourth-order valence-electron chi connectivity index (χ4n) is 0.767. The van der Waals surface area contributed by atoms with Crippen LogP contribution in [0.4, 0.5) is 0 Å². The Morgan fingerprint density at radius 1 is 1.43 bits per heavy atom. The molecule has 0 aromatic carbocycles. The summed E-state index contributed by atoms with van der Waals surface area (Å²) in [6, 6.07) is 1.78. The number of hydrogen-bond acceptors (Lipinski definition) is 4. The number of nitrogens with zero attached hydrogens (tertiary/aromatic N) is 1. The first kappa shape index (κ1) is 12.4. The molecule has 0 aliphatic heterocycles. The van der Waals surface area contributed by atoms with Crippen molar-refractivity contribution in [1.29, 1.82) is 5.26 Å². The number of carboxylic acid groups (broad SMARTS) is 1. The van der Waals surface area contributed by atoms with Gasteiger partial charge in [-0.1, -0.05) is 0 Å². The summed E-state index contributed by atoms with van der Waals surface area (Å²) in [4.78, 5) is 21.0. The molecule has 0 saturated carbocycles. The Balaban J connectivity index is 3.24. The molecule has 0 unspecified atom stereocenters. The Labute approximate surface area is 81.9 Å². The maximum absolute atomic E-state index is 10.9. The molecule has 0 aliphatic rings. The van der Waals surface area contributed by atoms with Crippen LogP contribution in [0.15, 0.2) is 0 Å². The van der Waals surface area contributed by atoms with E-state index in [0.717, 1.165) is 0 Å². The summed E-state index contributed by atoms with van der Waals surface area (Å²) in [6.07, 6.45) is 0.577. The highest BCUT2D eigenvalue weighted by atomic mass is 16.4. The van der Waals surface area contributed by atoms with E-state index in [9.17, 15) is 9.59 Å². The van der Waals surface area contributed by atoms with E-state index in [0.29, 0.717) is 13.0 Å². The van der Waals surface area contributed by atoms with Crippen LogP contribution in [0.5, 0.6) is 0 Å². The second-order valence-corrected chi connectivity index (χ2v) is 2.61. The molecule has 0 radical (unpaired) electrons. The summed E-state index contributed by atoms with van der Waals surface area (Å²) < 4.78 is 0. The normalized spacial score (nSPS) is 9.07. The first-order chi connectivity index (χ1) is 6.66. The van der Waals surface area contributed by atoms with Crippen molar-refractivity contribution in [2.45, 2.75) is 12.8 Å². The molecular formula is C8H13N3O3. The summed E-state index contributed by atoms with van der Waals surface area (Å²) in [5.74, 6) is -1.11. The summed E-state index contributed by atoms with van der Waals surface area (Å²) in [5.41, 5.74) is 0. The third kappa shape index (κ3) is 8.49. The molecule has 0 aliphatic carbocycles. The molecule has 0 fully saturated rings. The number of nitrogens with one attached hydrogen (secondary N) is 2. The molecule has 0 aromatic heterocycles. The van der Waals surface area contributed by atoms with Gasteiger partial charge in [0.05, 0.1) is 12.6 Å². The van der Waals surface area contributed by atoms with Crippen molar-refractivity contribution in [3.63, 3.8) is 0 Å². The molecule has 0 bridgehead atoms. The van der Waals surface area contributed by atoms with E-state index in [1.54, 1.807) is 6.07 Å². The summed E-state index contributed by atoms with van der Waals surface area (Å²) in [5, 5.41) is 21.5. The highest BCUT2D eigenvalue weighted by molar-refractivity contribution is 5.78. The van der Waals surface area contributed by atoms with Crippen molar-refractivity contribution < 1.29 is 14.7 Å². The topological polar surface area (TPSA) is 102 Å². The van der Waals surface area contributed by atoms with Crippen LogP contribution >= 0.6 is 0 Å². The maximum Gasteiger partial charge on any atom is 0.303 e. The molecule has 0 rings (SSSR count). The third-order valence-corrected chi connectivity index (χ3v) is 1.39. The molecule has 0 aromatic rings. The predicted octanol–water partition coefficient (Wildman–Crippen LogP) is -0.919. The summed E-state index contributed by atoms with van der Waals surface area (Å²) >= 11 is 0. The zero-order chi connectivity index (χ0) is 10.8. The number of aliphatic carboxylic acids is 1. The van der Waals surface area contributed by atoms with Gasteiger partial charge in [0.1, 0.15) is 6.54 Å². The Kier molecular flexibility index (Phi) is 7.09. The van der Waals surface area contributed by atoms with E-state index in [4.69, 9.17) is 10.4 Å². The van der Waals surface area contributed by atoms with Crippen LogP contribution in [-0.2, 0) is 9.59 Å². The van der Waals surface area contributed by atoms with Gasteiger partial charge in [-0.05, 0) is 13.0 Å². The van der Waals surface area contributed by atoms with Crippen LogP contribution in [0.2, 0.25) is 0 Å². The fraction of sp³-hybridized carbons (Fsp3) is 0.625. The maximum atomic E-state index is 10.9. The van der Waals surface area contributed by atoms with E-state index in [-0.39, 0.29) is 25.4 Å². The van der Waals surface area contributed by atoms with E-state index in [1.165, 1.54) is 0 Å². The van der Waals surface area contributed by atoms with Gasteiger partial charge >= 0.3 is 5.97 Å². The lowest BCUT2D eigenvalue weighted by atomic mass is 10.3. The predicted molar refractivity (Wildman–Crippen MR) is 48.4 cm³/mol. The Morgan fingerprint density at radius 2 is 2.14 bits per heavy atom. The van der Waals surface area contributed by atoms with Crippen molar-refractivity contribution in [2.24, 2.45) is 0 Å². The van der Waals surface area contributed by atoms with Crippen LogP contribution in [0.25, 0.3) is 0 Å². The number of carbonyl (C=O) groups is 2. The van der Waals surface area contributed by atoms with Gasteiger partial charge < -0.3 is 15.7 Å². The van der Waals surface area contributed by atoms with Crippen LogP contribution in [0, 0.1) is 11.3 Å². The van der Waals surface area contributed by atoms with Crippen LogP contribution in [-0.4, -0.2) is 36.6 Å². The van der Waals surface area contributed by atoms with Crippen molar-refractivity contribution in [3.8, 4) is 6.07 Å². The van der Waals surface area contributed by atoms with Gasteiger partial charge in [0, 0.05) is 6.42 Å². The largest absolute Gasteiger partial charge is 0.481 e. The van der Waals surface area contributed by atoms with Gasteiger partial charge in [-0.25, -0.2) is 0 Å². The summed E-state index contributed by atoms with van der Waals surface area (Å²) in [6.45, 7) is 0.587. The molecule has 0 saturated heterocycles. The number of carboxylic acids is 1. The standard InChI is InChI=1S/C8H13N3O3/c9-3-5-11-7(12)6-10-4-1-2-8(13)14/h10H,1-2,4-6H2,(H,11,12)(H,13,14). The second kappa shape index (κ2) is 8.01. The van der Waals surface area contributed by atoms with E-state index in [2.05, 4.69) is 10.6 Å². The lowest BCUT2D eigenvalue weighted by Gasteiger charge is -2.02. The van der Waals surface area contributed by atoms with Crippen LogP contribution in [0.3, 0.4) is 0 Å². The van der Waals surface area contributed by atoms with Crippen molar-refractivity contribution in [2.75, 3.05) is 19.6 Å². The minimum atomic E-state index is -0.847. The Morgan fingerprint density at radius 3 is 2.71 bits per heavy atom. The van der Waals surface area contributed by atoms with Crippen LogP contribution in [0.1, 0.15) is 12.8 Å². The van der Waals surface area contributed by atoms with Gasteiger partial charge in [0.25, 0.3) is 0 Å². The average molecular weight is 199 g/mol. The highest BCUT2D eigenvalue weighted by Gasteiger charge is 1.99. The quantitative estimate of drug-likeness (QED) is 0.363. The monoisotopic (exact) mass is 199 g/mol. The SMILES string of the molecule is N#CCNC(=O)CNCCCC(=O)O. The van der Waals surface area contributed by atoms with Gasteiger partial charge in [0.15, 0.2) is 0 Å². The Hall–Kier alpha value is -1.61. The smallest absolute Gasteiger partial charge is 0.303 e. The minimum absolute atomic E-state index is 0.00433. The zero-order valence-electron chi connectivity index (χ0n) is 7.75. The van der Waals surface area contributed by atoms with Gasteiger partial charge in [-0.2, -0.15) is 5.26 Å². The second-order valence-electron chi connectivity index (χ2n) is 2.61.